The SMILES string of the molecule is N#Cc1cc(F)ccc1CN1CCC[C@@H](CNS(N)(=O)=O)C1. The van der Waals surface area contributed by atoms with Crippen molar-refractivity contribution >= 4 is 10.2 Å². The second-order valence-corrected chi connectivity index (χ2v) is 6.93. The fourth-order valence-electron chi connectivity index (χ4n) is 2.73. The Hall–Kier alpha value is -1.53. The molecule has 120 valence electrons. The van der Waals surface area contributed by atoms with E-state index in [0.29, 0.717) is 25.2 Å². The third-order valence-corrected chi connectivity index (χ3v) is 4.33. The van der Waals surface area contributed by atoms with E-state index in [4.69, 9.17) is 10.4 Å². The normalized spacial score (nSPS) is 19.8. The smallest absolute Gasteiger partial charge is 0.274 e. The maximum Gasteiger partial charge on any atom is 0.274 e. The van der Waals surface area contributed by atoms with Crippen LogP contribution in [-0.4, -0.2) is 33.0 Å². The zero-order valence-electron chi connectivity index (χ0n) is 12.1. The van der Waals surface area contributed by atoms with E-state index in [1.54, 1.807) is 6.07 Å². The Morgan fingerprint density at radius 2 is 2.27 bits per heavy atom. The second-order valence-electron chi connectivity index (χ2n) is 5.55. The molecular weight excluding hydrogens is 307 g/mol. The highest BCUT2D eigenvalue weighted by Gasteiger charge is 2.21. The van der Waals surface area contributed by atoms with Gasteiger partial charge in [0, 0.05) is 19.6 Å². The minimum atomic E-state index is -3.67. The van der Waals surface area contributed by atoms with Gasteiger partial charge in [-0.15, -0.1) is 0 Å². The van der Waals surface area contributed by atoms with Crippen molar-refractivity contribution in [1.29, 1.82) is 5.26 Å². The zero-order valence-corrected chi connectivity index (χ0v) is 12.9. The third kappa shape index (κ3) is 5.03. The summed E-state index contributed by atoms with van der Waals surface area (Å²) < 4.78 is 37.4. The van der Waals surface area contributed by atoms with Crippen LogP contribution in [0, 0.1) is 23.1 Å². The first kappa shape index (κ1) is 16.8. The summed E-state index contributed by atoms with van der Waals surface area (Å²) in [6, 6.07) is 6.22. The highest BCUT2D eigenvalue weighted by molar-refractivity contribution is 7.87. The molecule has 1 heterocycles. The van der Waals surface area contributed by atoms with E-state index in [1.165, 1.54) is 12.1 Å². The van der Waals surface area contributed by atoms with Gasteiger partial charge in [0.1, 0.15) is 5.82 Å². The molecule has 0 spiro atoms. The first-order chi connectivity index (χ1) is 10.4. The number of likely N-dealkylation sites (tertiary alicyclic amines) is 1. The van der Waals surface area contributed by atoms with E-state index >= 15 is 0 Å². The van der Waals surface area contributed by atoms with E-state index in [0.717, 1.165) is 24.9 Å². The van der Waals surface area contributed by atoms with Crippen molar-refractivity contribution in [3.05, 3.63) is 35.1 Å². The summed E-state index contributed by atoms with van der Waals surface area (Å²) in [6.07, 6.45) is 1.87. The van der Waals surface area contributed by atoms with Crippen molar-refractivity contribution in [1.82, 2.24) is 9.62 Å². The lowest BCUT2D eigenvalue weighted by molar-refractivity contribution is 0.168. The van der Waals surface area contributed by atoms with E-state index in [1.807, 2.05) is 6.07 Å². The van der Waals surface area contributed by atoms with Gasteiger partial charge < -0.3 is 0 Å². The van der Waals surface area contributed by atoms with Crippen LogP contribution in [-0.2, 0) is 16.8 Å². The number of rotatable bonds is 5. The van der Waals surface area contributed by atoms with Gasteiger partial charge in [0.15, 0.2) is 0 Å². The van der Waals surface area contributed by atoms with Crippen LogP contribution in [0.25, 0.3) is 0 Å². The molecule has 0 unspecified atom stereocenters. The summed E-state index contributed by atoms with van der Waals surface area (Å²) in [4.78, 5) is 2.15. The monoisotopic (exact) mass is 326 g/mol. The lowest BCUT2D eigenvalue weighted by Crippen LogP contribution is -2.42. The summed E-state index contributed by atoms with van der Waals surface area (Å²) in [5.74, 6) is -0.243. The lowest BCUT2D eigenvalue weighted by Gasteiger charge is -2.32. The molecule has 2 rings (SSSR count). The Kier molecular flexibility index (Phi) is 5.47. The maximum absolute atomic E-state index is 13.1. The molecule has 3 N–H and O–H groups in total. The Bertz CT molecular complexity index is 672. The van der Waals surface area contributed by atoms with Gasteiger partial charge in [-0.1, -0.05) is 6.07 Å². The minimum Gasteiger partial charge on any atom is -0.299 e. The van der Waals surface area contributed by atoms with Crippen molar-refractivity contribution in [2.45, 2.75) is 19.4 Å². The third-order valence-electron chi connectivity index (χ3n) is 3.76. The number of hydrogen-bond donors (Lipinski definition) is 2. The molecule has 1 atom stereocenters. The molecule has 0 amide bonds. The molecule has 1 aromatic carbocycles. The summed E-state index contributed by atoms with van der Waals surface area (Å²) >= 11 is 0. The van der Waals surface area contributed by atoms with Crippen molar-refractivity contribution in [2.75, 3.05) is 19.6 Å². The fraction of sp³-hybridized carbons (Fsp3) is 0.500. The van der Waals surface area contributed by atoms with Gasteiger partial charge in [-0.3, -0.25) is 4.90 Å². The molecule has 1 aliphatic rings. The topological polar surface area (TPSA) is 99.2 Å². The minimum absolute atomic E-state index is 0.179. The van der Waals surface area contributed by atoms with Crippen LogP contribution in [0.15, 0.2) is 18.2 Å². The molecule has 1 saturated heterocycles. The molecule has 0 bridgehead atoms. The first-order valence-electron chi connectivity index (χ1n) is 7.05. The predicted molar refractivity (Wildman–Crippen MR) is 80.2 cm³/mol. The number of halogens is 1. The average molecular weight is 326 g/mol. The van der Waals surface area contributed by atoms with Gasteiger partial charge in [-0.05, 0) is 43.0 Å². The summed E-state index contributed by atoms with van der Waals surface area (Å²) in [7, 11) is -3.67. The van der Waals surface area contributed by atoms with Crippen molar-refractivity contribution in [2.24, 2.45) is 11.1 Å². The highest BCUT2D eigenvalue weighted by Crippen LogP contribution is 2.20. The number of nitrogens with two attached hydrogens (primary N) is 1. The molecule has 1 fully saturated rings. The Morgan fingerprint density at radius 1 is 1.50 bits per heavy atom. The lowest BCUT2D eigenvalue weighted by atomic mass is 9.97. The quantitative estimate of drug-likeness (QED) is 0.832. The Labute approximate surface area is 129 Å². The van der Waals surface area contributed by atoms with Crippen LogP contribution in [0.4, 0.5) is 4.39 Å². The van der Waals surface area contributed by atoms with Gasteiger partial charge in [0.05, 0.1) is 11.6 Å². The van der Waals surface area contributed by atoms with Gasteiger partial charge in [-0.25, -0.2) is 14.3 Å². The molecular formula is C14H19FN4O2S. The number of nitrogens with one attached hydrogen (secondary N) is 1. The highest BCUT2D eigenvalue weighted by atomic mass is 32.2. The summed E-state index contributed by atoms with van der Waals surface area (Å²) in [6.45, 7) is 2.44. The fourth-order valence-corrected chi connectivity index (χ4v) is 3.20. The van der Waals surface area contributed by atoms with Crippen LogP contribution in [0.2, 0.25) is 0 Å². The van der Waals surface area contributed by atoms with Crippen molar-refractivity contribution < 1.29 is 12.8 Å². The van der Waals surface area contributed by atoms with Gasteiger partial charge in [-0.2, -0.15) is 13.7 Å². The molecule has 0 saturated carbocycles. The average Bonchev–Trinajstić information content (AvgIpc) is 2.47. The maximum atomic E-state index is 13.1. The van der Waals surface area contributed by atoms with E-state index in [-0.39, 0.29) is 5.92 Å². The van der Waals surface area contributed by atoms with Crippen LogP contribution >= 0.6 is 0 Å². The zero-order chi connectivity index (χ0) is 16.2. The molecule has 6 nitrogen and oxygen atoms in total. The number of nitriles is 1. The van der Waals surface area contributed by atoms with E-state index in [9.17, 15) is 12.8 Å². The number of nitrogens with zero attached hydrogens (tertiary/aromatic N) is 2. The van der Waals surface area contributed by atoms with Gasteiger partial charge in [0.25, 0.3) is 10.2 Å². The van der Waals surface area contributed by atoms with E-state index in [2.05, 4.69) is 9.62 Å². The summed E-state index contributed by atoms with van der Waals surface area (Å²) in [5, 5.41) is 14.0. The van der Waals surface area contributed by atoms with Crippen LogP contribution in [0.3, 0.4) is 0 Å². The molecule has 0 radical (unpaired) electrons. The van der Waals surface area contributed by atoms with Crippen LogP contribution in [0.1, 0.15) is 24.0 Å². The molecule has 8 heteroatoms. The molecule has 22 heavy (non-hydrogen) atoms. The number of hydrogen-bond acceptors (Lipinski definition) is 4. The molecule has 0 aromatic heterocycles. The number of piperidine rings is 1. The van der Waals surface area contributed by atoms with Gasteiger partial charge in [0.2, 0.25) is 0 Å². The second kappa shape index (κ2) is 7.15. The predicted octanol–water partition coefficient (Wildman–Crippen LogP) is 0.702. The van der Waals surface area contributed by atoms with Crippen molar-refractivity contribution in [3.63, 3.8) is 0 Å². The number of benzene rings is 1. The Balaban J connectivity index is 1.97. The molecule has 1 aliphatic heterocycles. The van der Waals surface area contributed by atoms with E-state index < -0.39 is 16.0 Å². The van der Waals surface area contributed by atoms with Crippen molar-refractivity contribution in [3.8, 4) is 6.07 Å². The standard InChI is InChI=1S/C14H19FN4O2S/c15-14-4-3-12(13(6-14)7-16)10-19-5-1-2-11(9-19)8-18-22(17,20)21/h3-4,6,11,18H,1-2,5,8-10H2,(H2,17,20,21)/t11-/m0/s1. The largest absolute Gasteiger partial charge is 0.299 e. The molecule has 1 aromatic rings. The van der Waals surface area contributed by atoms with Gasteiger partial charge >= 0.3 is 0 Å². The first-order valence-corrected chi connectivity index (χ1v) is 8.60. The van der Waals surface area contributed by atoms with Crippen LogP contribution < -0.4 is 9.86 Å². The van der Waals surface area contributed by atoms with Crippen LogP contribution in [0.5, 0.6) is 0 Å². The summed E-state index contributed by atoms with van der Waals surface area (Å²) in [5.41, 5.74) is 1.12. The molecule has 0 aliphatic carbocycles. The Morgan fingerprint density at radius 3 is 2.95 bits per heavy atom.